The van der Waals surface area contributed by atoms with Crippen molar-refractivity contribution < 1.29 is 21.2 Å². The van der Waals surface area contributed by atoms with Crippen molar-refractivity contribution in [2.24, 2.45) is 0 Å². The third kappa shape index (κ3) is 3.49. The molecule has 0 saturated carbocycles. The summed E-state index contributed by atoms with van der Waals surface area (Å²) < 4.78 is 61.1. The highest BCUT2D eigenvalue weighted by molar-refractivity contribution is 8.13. The maximum absolute atomic E-state index is 13.8. The van der Waals surface area contributed by atoms with Gasteiger partial charge in [-0.15, -0.1) is 6.42 Å². The Morgan fingerprint density at radius 2 is 1.95 bits per heavy atom. The van der Waals surface area contributed by atoms with Gasteiger partial charge >= 0.3 is 0 Å². The van der Waals surface area contributed by atoms with Crippen LogP contribution >= 0.6 is 10.7 Å². The molecule has 0 amide bonds. The Morgan fingerprint density at radius 3 is 2.35 bits per heavy atom. The fraction of sp³-hybridized carbons (Fsp3) is 0.273. The monoisotopic (exact) mass is 339 g/mol. The second-order valence-corrected chi connectivity index (χ2v) is 8.14. The van der Waals surface area contributed by atoms with E-state index in [2.05, 4.69) is 5.92 Å². The standard InChI is InChI=1S/C11H11ClFNO4S2/c1-3-7-14(4-2)20(17,18)11-6-5-9(8-10(11)13)19(12,15)16/h1,5-6,8H,4,7H2,2H3. The van der Waals surface area contributed by atoms with Gasteiger partial charge in [0.05, 0.1) is 11.4 Å². The molecule has 0 aliphatic heterocycles. The highest BCUT2D eigenvalue weighted by Gasteiger charge is 2.27. The highest BCUT2D eigenvalue weighted by atomic mass is 35.7. The van der Waals surface area contributed by atoms with Crippen LogP contribution in [0.2, 0.25) is 0 Å². The number of halogens is 2. The first-order valence-corrected chi connectivity index (χ1v) is 9.07. The molecule has 0 spiro atoms. The molecule has 0 saturated heterocycles. The van der Waals surface area contributed by atoms with E-state index in [1.165, 1.54) is 0 Å². The van der Waals surface area contributed by atoms with Crippen molar-refractivity contribution in [3.8, 4) is 12.3 Å². The van der Waals surface area contributed by atoms with Gasteiger partial charge in [0.15, 0.2) is 0 Å². The normalized spacial score (nSPS) is 12.3. The minimum Gasteiger partial charge on any atom is -0.207 e. The molecule has 110 valence electrons. The van der Waals surface area contributed by atoms with E-state index in [0.29, 0.717) is 6.07 Å². The van der Waals surface area contributed by atoms with Gasteiger partial charge in [-0.2, -0.15) is 4.31 Å². The topological polar surface area (TPSA) is 71.5 Å². The third-order valence-corrected chi connectivity index (χ3v) is 5.73. The molecule has 0 unspecified atom stereocenters. The molecule has 20 heavy (non-hydrogen) atoms. The summed E-state index contributed by atoms with van der Waals surface area (Å²) in [5.41, 5.74) is 0. The van der Waals surface area contributed by atoms with Crippen LogP contribution in [-0.2, 0) is 19.1 Å². The average Bonchev–Trinajstić information content (AvgIpc) is 2.34. The van der Waals surface area contributed by atoms with Crippen molar-refractivity contribution in [2.45, 2.75) is 16.7 Å². The maximum Gasteiger partial charge on any atom is 0.261 e. The smallest absolute Gasteiger partial charge is 0.207 e. The lowest BCUT2D eigenvalue weighted by Crippen LogP contribution is -2.31. The van der Waals surface area contributed by atoms with Crippen LogP contribution in [0, 0.1) is 18.2 Å². The molecule has 0 aromatic heterocycles. The van der Waals surface area contributed by atoms with Crippen molar-refractivity contribution in [2.75, 3.05) is 13.1 Å². The Morgan fingerprint density at radius 1 is 1.35 bits per heavy atom. The second kappa shape index (κ2) is 6.10. The van der Waals surface area contributed by atoms with E-state index in [1.807, 2.05) is 0 Å². The van der Waals surface area contributed by atoms with Gasteiger partial charge in [-0.05, 0) is 18.2 Å². The van der Waals surface area contributed by atoms with E-state index in [9.17, 15) is 21.2 Å². The zero-order chi connectivity index (χ0) is 15.6. The van der Waals surface area contributed by atoms with E-state index in [1.54, 1.807) is 6.92 Å². The molecule has 1 aromatic carbocycles. The molecular formula is C11H11ClFNO4S2. The van der Waals surface area contributed by atoms with E-state index in [4.69, 9.17) is 17.1 Å². The number of nitrogens with zero attached hydrogens (tertiary/aromatic N) is 1. The maximum atomic E-state index is 13.8. The molecule has 0 bridgehead atoms. The fourth-order valence-corrected chi connectivity index (χ4v) is 3.62. The zero-order valence-corrected chi connectivity index (χ0v) is 12.8. The predicted molar refractivity (Wildman–Crippen MR) is 72.7 cm³/mol. The van der Waals surface area contributed by atoms with Gasteiger partial charge in [-0.25, -0.2) is 21.2 Å². The number of hydrogen-bond acceptors (Lipinski definition) is 4. The lowest BCUT2D eigenvalue weighted by atomic mass is 10.3. The summed E-state index contributed by atoms with van der Waals surface area (Å²) in [6.45, 7) is 1.39. The number of hydrogen-bond donors (Lipinski definition) is 0. The summed E-state index contributed by atoms with van der Waals surface area (Å²) in [5.74, 6) is 0.951. The van der Waals surface area contributed by atoms with Crippen molar-refractivity contribution in [1.29, 1.82) is 0 Å². The van der Waals surface area contributed by atoms with Gasteiger partial charge in [0.25, 0.3) is 9.05 Å². The van der Waals surface area contributed by atoms with E-state index < -0.39 is 34.7 Å². The lowest BCUT2D eigenvalue weighted by Gasteiger charge is -2.18. The van der Waals surface area contributed by atoms with Gasteiger partial charge < -0.3 is 0 Å². The van der Waals surface area contributed by atoms with Gasteiger partial charge in [-0.3, -0.25) is 0 Å². The molecule has 0 aliphatic carbocycles. The summed E-state index contributed by atoms with van der Waals surface area (Å²) in [5, 5.41) is 0. The number of sulfonamides is 1. The lowest BCUT2D eigenvalue weighted by molar-refractivity contribution is 0.457. The van der Waals surface area contributed by atoms with Crippen LogP contribution < -0.4 is 0 Å². The van der Waals surface area contributed by atoms with Crippen LogP contribution in [0.1, 0.15) is 6.92 Å². The van der Waals surface area contributed by atoms with E-state index in [0.717, 1.165) is 16.4 Å². The van der Waals surface area contributed by atoms with Gasteiger partial charge in [0.1, 0.15) is 10.7 Å². The minimum atomic E-state index is -4.13. The van der Waals surface area contributed by atoms with Gasteiger partial charge in [-0.1, -0.05) is 12.8 Å². The average molecular weight is 340 g/mol. The Labute approximate surface area is 121 Å². The molecule has 0 N–H and O–H groups in total. The quantitative estimate of drug-likeness (QED) is 0.600. The number of terminal acetylenes is 1. The van der Waals surface area contributed by atoms with Crippen molar-refractivity contribution in [3.63, 3.8) is 0 Å². The van der Waals surface area contributed by atoms with Crippen molar-refractivity contribution >= 4 is 29.8 Å². The van der Waals surface area contributed by atoms with E-state index in [-0.39, 0.29) is 13.1 Å². The van der Waals surface area contributed by atoms with Gasteiger partial charge in [0, 0.05) is 17.2 Å². The second-order valence-electron chi connectivity index (χ2n) is 3.67. The predicted octanol–water partition coefficient (Wildman–Crippen LogP) is 1.40. The van der Waals surface area contributed by atoms with Crippen LogP contribution in [0.3, 0.4) is 0 Å². The molecule has 0 radical (unpaired) electrons. The fourth-order valence-electron chi connectivity index (χ4n) is 1.45. The zero-order valence-electron chi connectivity index (χ0n) is 10.4. The summed E-state index contributed by atoms with van der Waals surface area (Å²) in [6.07, 6.45) is 5.05. The molecule has 9 heteroatoms. The summed E-state index contributed by atoms with van der Waals surface area (Å²) in [4.78, 5) is -1.17. The summed E-state index contributed by atoms with van der Waals surface area (Å²) in [7, 11) is -3.20. The largest absolute Gasteiger partial charge is 0.261 e. The first-order valence-electron chi connectivity index (χ1n) is 5.32. The van der Waals surface area contributed by atoms with Crippen LogP contribution in [0.5, 0.6) is 0 Å². The van der Waals surface area contributed by atoms with Crippen LogP contribution in [-0.4, -0.2) is 34.2 Å². The van der Waals surface area contributed by atoms with E-state index >= 15 is 0 Å². The number of benzene rings is 1. The van der Waals surface area contributed by atoms with Gasteiger partial charge in [0.2, 0.25) is 10.0 Å². The molecule has 0 aliphatic rings. The van der Waals surface area contributed by atoms with Crippen LogP contribution in [0.25, 0.3) is 0 Å². The van der Waals surface area contributed by atoms with Crippen LogP contribution in [0.4, 0.5) is 4.39 Å². The molecule has 1 rings (SSSR count). The Bertz CT molecular complexity index is 753. The Hall–Kier alpha value is -1.14. The van der Waals surface area contributed by atoms with Crippen molar-refractivity contribution in [1.82, 2.24) is 4.31 Å². The first kappa shape index (κ1) is 16.9. The van der Waals surface area contributed by atoms with Crippen LogP contribution in [0.15, 0.2) is 28.0 Å². The Kier molecular flexibility index (Phi) is 5.15. The molecule has 1 aromatic rings. The molecule has 0 fully saturated rings. The summed E-state index contributed by atoms with van der Waals surface area (Å²) in [6, 6.07) is 2.32. The van der Waals surface area contributed by atoms with Crippen molar-refractivity contribution in [3.05, 3.63) is 24.0 Å². The molecule has 0 atom stereocenters. The SMILES string of the molecule is C#CCN(CC)S(=O)(=O)c1ccc(S(=O)(=O)Cl)cc1F. The minimum absolute atomic E-state index is 0.0571. The Balaban J connectivity index is 3.38. The highest BCUT2D eigenvalue weighted by Crippen LogP contribution is 2.23. The molecular weight excluding hydrogens is 329 g/mol. The third-order valence-electron chi connectivity index (χ3n) is 2.42. The number of rotatable bonds is 5. The first-order chi connectivity index (χ1) is 9.14. The molecule has 5 nitrogen and oxygen atoms in total. The molecule has 0 heterocycles. The summed E-state index contributed by atoms with van der Waals surface area (Å²) >= 11 is 0.